The van der Waals surface area contributed by atoms with E-state index in [0.29, 0.717) is 16.7 Å². The molecule has 0 unspecified atom stereocenters. The molecule has 1 aromatic carbocycles. The molecule has 0 saturated carbocycles. The first-order valence-corrected chi connectivity index (χ1v) is 6.01. The Kier molecular flexibility index (Phi) is 3.15. The van der Waals surface area contributed by atoms with Crippen molar-refractivity contribution in [1.82, 2.24) is 15.2 Å². The first-order chi connectivity index (χ1) is 9.63. The number of benzene rings is 1. The molecule has 0 amide bonds. The van der Waals surface area contributed by atoms with Crippen molar-refractivity contribution in [3.63, 3.8) is 0 Å². The molecule has 0 aliphatic rings. The molecule has 2 heterocycles. The van der Waals surface area contributed by atoms with Gasteiger partial charge in [0.05, 0.1) is 17.4 Å². The number of pyridine rings is 1. The van der Waals surface area contributed by atoms with E-state index in [0.717, 1.165) is 12.1 Å². The summed E-state index contributed by atoms with van der Waals surface area (Å²) < 4.78 is 26.4. The molecular weight excluding hydrogens is 286 g/mol. The smallest absolute Gasteiger partial charge is 0.161 e. The fourth-order valence-corrected chi connectivity index (χ4v) is 1.94. The first kappa shape index (κ1) is 12.7. The predicted octanol–water partition coefficient (Wildman–Crippen LogP) is 3.70. The SMILES string of the molecule is Fc1ccc(Nc2ccc3c(Cl)nncc3n2)c(F)c1. The summed E-state index contributed by atoms with van der Waals surface area (Å²) in [6.45, 7) is 0. The summed E-state index contributed by atoms with van der Waals surface area (Å²) in [5.74, 6) is -0.938. The van der Waals surface area contributed by atoms with Crippen LogP contribution in [-0.2, 0) is 0 Å². The number of hydrogen-bond acceptors (Lipinski definition) is 4. The molecule has 3 aromatic rings. The lowest BCUT2D eigenvalue weighted by Gasteiger charge is -2.07. The van der Waals surface area contributed by atoms with Gasteiger partial charge < -0.3 is 5.32 Å². The van der Waals surface area contributed by atoms with Gasteiger partial charge in [0.2, 0.25) is 0 Å². The van der Waals surface area contributed by atoms with Crippen molar-refractivity contribution in [3.05, 3.63) is 53.3 Å². The van der Waals surface area contributed by atoms with Crippen LogP contribution in [0.4, 0.5) is 20.3 Å². The van der Waals surface area contributed by atoms with E-state index in [1.54, 1.807) is 12.1 Å². The third-order valence-corrected chi connectivity index (χ3v) is 2.95. The van der Waals surface area contributed by atoms with Crippen LogP contribution in [0.5, 0.6) is 0 Å². The zero-order chi connectivity index (χ0) is 14.1. The Morgan fingerprint density at radius 3 is 2.75 bits per heavy atom. The number of fused-ring (bicyclic) bond motifs is 1. The van der Waals surface area contributed by atoms with Crippen LogP contribution in [-0.4, -0.2) is 15.2 Å². The minimum Gasteiger partial charge on any atom is -0.338 e. The Labute approximate surface area is 117 Å². The van der Waals surface area contributed by atoms with E-state index in [9.17, 15) is 8.78 Å². The van der Waals surface area contributed by atoms with E-state index < -0.39 is 11.6 Å². The van der Waals surface area contributed by atoms with Crippen molar-refractivity contribution in [1.29, 1.82) is 0 Å². The highest BCUT2D eigenvalue weighted by Crippen LogP contribution is 2.23. The number of aromatic nitrogens is 3. The van der Waals surface area contributed by atoms with Crippen LogP contribution in [0.3, 0.4) is 0 Å². The molecule has 3 rings (SSSR count). The Balaban J connectivity index is 1.99. The molecule has 4 nitrogen and oxygen atoms in total. The lowest BCUT2D eigenvalue weighted by molar-refractivity contribution is 0.586. The highest BCUT2D eigenvalue weighted by Gasteiger charge is 2.07. The molecule has 0 atom stereocenters. The molecule has 0 aliphatic carbocycles. The van der Waals surface area contributed by atoms with Crippen molar-refractivity contribution in [2.24, 2.45) is 0 Å². The fourth-order valence-electron chi connectivity index (χ4n) is 1.73. The van der Waals surface area contributed by atoms with Crippen LogP contribution >= 0.6 is 11.6 Å². The minimum atomic E-state index is -0.696. The van der Waals surface area contributed by atoms with Crippen molar-refractivity contribution < 1.29 is 8.78 Å². The van der Waals surface area contributed by atoms with E-state index in [1.165, 1.54) is 12.3 Å². The van der Waals surface area contributed by atoms with Crippen molar-refractivity contribution in [2.45, 2.75) is 0 Å². The maximum Gasteiger partial charge on any atom is 0.161 e. The number of halogens is 3. The molecule has 100 valence electrons. The van der Waals surface area contributed by atoms with Crippen molar-refractivity contribution >= 4 is 34.0 Å². The van der Waals surface area contributed by atoms with E-state index in [-0.39, 0.29) is 10.8 Å². The topological polar surface area (TPSA) is 50.7 Å². The summed E-state index contributed by atoms with van der Waals surface area (Å²) in [5.41, 5.74) is 0.656. The normalized spacial score (nSPS) is 10.8. The maximum atomic E-state index is 13.5. The van der Waals surface area contributed by atoms with Crippen LogP contribution in [0.15, 0.2) is 36.5 Å². The number of anilines is 2. The lowest BCUT2D eigenvalue weighted by atomic mass is 10.2. The Morgan fingerprint density at radius 2 is 1.95 bits per heavy atom. The molecule has 0 spiro atoms. The quantitative estimate of drug-likeness (QED) is 0.782. The summed E-state index contributed by atoms with van der Waals surface area (Å²) in [7, 11) is 0. The third kappa shape index (κ3) is 2.37. The Morgan fingerprint density at radius 1 is 1.10 bits per heavy atom. The summed E-state index contributed by atoms with van der Waals surface area (Å²) in [4.78, 5) is 4.24. The van der Waals surface area contributed by atoms with E-state index in [2.05, 4.69) is 20.5 Å². The van der Waals surface area contributed by atoms with Gasteiger partial charge in [0.15, 0.2) is 5.15 Å². The zero-order valence-electron chi connectivity index (χ0n) is 9.94. The molecular formula is C13H7ClF2N4. The van der Waals surface area contributed by atoms with E-state index in [1.807, 2.05) is 0 Å². The van der Waals surface area contributed by atoms with Gasteiger partial charge in [-0.1, -0.05) is 11.6 Å². The standard InChI is InChI=1S/C13H7ClF2N4/c14-13-8-2-4-12(19-11(8)6-17-20-13)18-10-3-1-7(15)5-9(10)16/h1-6H,(H,18,19). The monoisotopic (exact) mass is 292 g/mol. The highest BCUT2D eigenvalue weighted by atomic mass is 35.5. The summed E-state index contributed by atoms with van der Waals surface area (Å²) >= 11 is 5.88. The second-order valence-corrected chi connectivity index (χ2v) is 4.37. The van der Waals surface area contributed by atoms with Gasteiger partial charge >= 0.3 is 0 Å². The van der Waals surface area contributed by atoms with Gasteiger partial charge in [-0.25, -0.2) is 13.8 Å². The molecule has 0 bridgehead atoms. The van der Waals surface area contributed by atoms with E-state index in [4.69, 9.17) is 11.6 Å². The van der Waals surface area contributed by atoms with Gasteiger partial charge in [0, 0.05) is 11.5 Å². The van der Waals surface area contributed by atoms with Crippen LogP contribution in [0.1, 0.15) is 0 Å². The number of rotatable bonds is 2. The molecule has 0 fully saturated rings. The predicted molar refractivity (Wildman–Crippen MR) is 72.0 cm³/mol. The zero-order valence-corrected chi connectivity index (χ0v) is 10.7. The van der Waals surface area contributed by atoms with Gasteiger partial charge in [-0.2, -0.15) is 5.10 Å². The van der Waals surface area contributed by atoms with E-state index >= 15 is 0 Å². The van der Waals surface area contributed by atoms with Crippen LogP contribution in [0.25, 0.3) is 10.9 Å². The molecule has 20 heavy (non-hydrogen) atoms. The second-order valence-electron chi connectivity index (χ2n) is 4.01. The fraction of sp³-hybridized carbons (Fsp3) is 0. The Hall–Kier alpha value is -2.34. The average molecular weight is 293 g/mol. The molecule has 0 aliphatic heterocycles. The molecule has 7 heteroatoms. The second kappa shape index (κ2) is 4.97. The largest absolute Gasteiger partial charge is 0.338 e. The molecule has 0 saturated heterocycles. The lowest BCUT2D eigenvalue weighted by Crippen LogP contribution is -1.97. The highest BCUT2D eigenvalue weighted by molar-refractivity contribution is 6.33. The van der Waals surface area contributed by atoms with Gasteiger partial charge in [0.1, 0.15) is 17.5 Å². The van der Waals surface area contributed by atoms with Crippen LogP contribution < -0.4 is 5.32 Å². The summed E-state index contributed by atoms with van der Waals surface area (Å²) in [6.07, 6.45) is 1.45. The van der Waals surface area contributed by atoms with Crippen LogP contribution in [0.2, 0.25) is 5.15 Å². The molecule has 1 N–H and O–H groups in total. The van der Waals surface area contributed by atoms with Crippen molar-refractivity contribution in [3.8, 4) is 0 Å². The Bertz CT molecular complexity index is 794. The third-order valence-electron chi connectivity index (χ3n) is 2.67. The van der Waals surface area contributed by atoms with Crippen LogP contribution in [0, 0.1) is 11.6 Å². The summed E-state index contributed by atoms with van der Waals surface area (Å²) in [6, 6.07) is 6.58. The van der Waals surface area contributed by atoms with Gasteiger partial charge in [-0.15, -0.1) is 5.10 Å². The summed E-state index contributed by atoms with van der Waals surface area (Å²) in [5, 5.41) is 11.0. The number of hydrogen-bond donors (Lipinski definition) is 1. The number of nitrogens with zero attached hydrogens (tertiary/aromatic N) is 3. The van der Waals surface area contributed by atoms with Gasteiger partial charge in [-0.3, -0.25) is 0 Å². The average Bonchev–Trinajstić information content (AvgIpc) is 2.42. The molecule has 0 radical (unpaired) electrons. The van der Waals surface area contributed by atoms with Gasteiger partial charge in [-0.05, 0) is 24.3 Å². The molecule has 2 aromatic heterocycles. The van der Waals surface area contributed by atoms with Crippen molar-refractivity contribution in [2.75, 3.05) is 5.32 Å². The van der Waals surface area contributed by atoms with Gasteiger partial charge in [0.25, 0.3) is 0 Å². The maximum absolute atomic E-state index is 13.5. The number of nitrogens with one attached hydrogen (secondary N) is 1. The first-order valence-electron chi connectivity index (χ1n) is 5.63. The minimum absolute atomic E-state index is 0.131.